The van der Waals surface area contributed by atoms with Crippen molar-refractivity contribution in [1.82, 2.24) is 19.6 Å². The molecule has 0 saturated heterocycles. The van der Waals surface area contributed by atoms with Gasteiger partial charge in [-0.3, -0.25) is 4.79 Å². The normalized spacial score (nSPS) is 10.8. The highest BCUT2D eigenvalue weighted by Gasteiger charge is 2.15. The van der Waals surface area contributed by atoms with Gasteiger partial charge in [0, 0.05) is 17.1 Å². The second kappa shape index (κ2) is 4.97. The Morgan fingerprint density at radius 2 is 1.95 bits per heavy atom. The van der Waals surface area contributed by atoms with E-state index in [1.165, 1.54) is 0 Å². The molecule has 6 heteroatoms. The number of rotatable bonds is 2. The number of aromatic nitrogens is 4. The molecule has 0 atom stereocenters. The highest BCUT2D eigenvalue weighted by atomic mass is 16.2. The van der Waals surface area contributed by atoms with E-state index in [4.69, 9.17) is 0 Å². The Kier molecular flexibility index (Phi) is 3.13. The predicted octanol–water partition coefficient (Wildman–Crippen LogP) is 2.30. The first-order valence-electron chi connectivity index (χ1n) is 6.62. The van der Waals surface area contributed by atoms with E-state index in [-0.39, 0.29) is 11.7 Å². The molecule has 106 valence electrons. The van der Waals surface area contributed by atoms with Gasteiger partial charge < -0.3 is 5.32 Å². The zero-order valence-electron chi connectivity index (χ0n) is 12.1. The van der Waals surface area contributed by atoms with Gasteiger partial charge >= 0.3 is 0 Å². The van der Waals surface area contributed by atoms with E-state index in [0.29, 0.717) is 5.78 Å². The van der Waals surface area contributed by atoms with Crippen molar-refractivity contribution >= 4 is 17.4 Å². The number of nitrogens with zero attached hydrogens (tertiary/aromatic N) is 4. The number of amides is 1. The Bertz CT molecular complexity index is 837. The van der Waals surface area contributed by atoms with Crippen molar-refractivity contribution < 1.29 is 4.79 Å². The van der Waals surface area contributed by atoms with E-state index in [2.05, 4.69) is 20.4 Å². The van der Waals surface area contributed by atoms with E-state index in [1.54, 1.807) is 4.52 Å². The molecule has 0 saturated carbocycles. The molecule has 1 aromatic carbocycles. The molecular formula is C15H15N5O. The summed E-state index contributed by atoms with van der Waals surface area (Å²) in [5.74, 6) is 0.197. The van der Waals surface area contributed by atoms with Crippen molar-refractivity contribution in [3.63, 3.8) is 0 Å². The fraction of sp³-hybridized carbons (Fsp3) is 0.200. The first-order chi connectivity index (χ1) is 10.0. The van der Waals surface area contributed by atoms with Gasteiger partial charge in [-0.05, 0) is 44.5 Å². The Morgan fingerprint density at radius 1 is 1.14 bits per heavy atom. The van der Waals surface area contributed by atoms with Crippen LogP contribution in [0.2, 0.25) is 0 Å². The number of carbonyl (C=O) groups excluding carboxylic acids is 1. The van der Waals surface area contributed by atoms with Crippen molar-refractivity contribution in [1.29, 1.82) is 0 Å². The number of benzene rings is 1. The lowest BCUT2D eigenvalue weighted by Crippen LogP contribution is -2.14. The molecule has 2 aromatic heterocycles. The zero-order valence-corrected chi connectivity index (χ0v) is 12.1. The third kappa shape index (κ3) is 2.60. The Labute approximate surface area is 121 Å². The lowest BCUT2D eigenvalue weighted by Gasteiger charge is -2.02. The second-order valence-electron chi connectivity index (χ2n) is 5.01. The summed E-state index contributed by atoms with van der Waals surface area (Å²) in [5.41, 5.74) is 3.53. The summed E-state index contributed by atoms with van der Waals surface area (Å²) in [4.78, 5) is 20.7. The highest BCUT2D eigenvalue weighted by Crippen LogP contribution is 2.11. The van der Waals surface area contributed by atoms with Gasteiger partial charge in [0.15, 0.2) is 0 Å². The first-order valence-corrected chi connectivity index (χ1v) is 6.62. The minimum Gasteiger partial charge on any atom is -0.319 e. The van der Waals surface area contributed by atoms with Gasteiger partial charge in [-0.25, -0.2) is 9.50 Å². The Morgan fingerprint density at radius 3 is 2.71 bits per heavy atom. The van der Waals surface area contributed by atoms with Gasteiger partial charge in [0.25, 0.3) is 11.7 Å². The molecule has 0 radical (unpaired) electrons. The van der Waals surface area contributed by atoms with Gasteiger partial charge in [-0.1, -0.05) is 12.1 Å². The van der Waals surface area contributed by atoms with Crippen LogP contribution in [0.15, 0.2) is 30.3 Å². The molecule has 0 aliphatic heterocycles. The monoisotopic (exact) mass is 281 g/mol. The number of nitrogens with one attached hydrogen (secondary N) is 1. The number of hydrogen-bond acceptors (Lipinski definition) is 4. The smallest absolute Gasteiger partial charge is 0.295 e. The van der Waals surface area contributed by atoms with Crippen molar-refractivity contribution in [2.45, 2.75) is 20.8 Å². The van der Waals surface area contributed by atoms with Crippen molar-refractivity contribution in [2.75, 3.05) is 5.32 Å². The van der Waals surface area contributed by atoms with E-state index in [9.17, 15) is 4.79 Å². The Hall–Kier alpha value is -2.76. The molecule has 0 bridgehead atoms. The zero-order chi connectivity index (χ0) is 15.0. The van der Waals surface area contributed by atoms with E-state index in [1.807, 2.05) is 51.1 Å². The topological polar surface area (TPSA) is 72.2 Å². The summed E-state index contributed by atoms with van der Waals surface area (Å²) in [6.45, 7) is 5.75. The van der Waals surface area contributed by atoms with Crippen LogP contribution < -0.4 is 5.32 Å². The van der Waals surface area contributed by atoms with Crippen LogP contribution in [0.5, 0.6) is 0 Å². The third-order valence-corrected chi connectivity index (χ3v) is 3.10. The summed E-state index contributed by atoms with van der Waals surface area (Å²) >= 11 is 0. The molecule has 0 aliphatic carbocycles. The highest BCUT2D eigenvalue weighted by molar-refractivity contribution is 6.01. The summed E-state index contributed by atoms with van der Waals surface area (Å²) in [5, 5.41) is 6.99. The minimum atomic E-state index is -0.344. The van der Waals surface area contributed by atoms with Gasteiger partial charge in [-0.2, -0.15) is 4.98 Å². The average molecular weight is 281 g/mol. The average Bonchev–Trinajstić information content (AvgIpc) is 2.83. The van der Waals surface area contributed by atoms with Crippen LogP contribution in [-0.2, 0) is 0 Å². The lowest BCUT2D eigenvalue weighted by molar-refractivity contribution is 0.101. The lowest BCUT2D eigenvalue weighted by atomic mass is 10.2. The van der Waals surface area contributed by atoms with E-state index in [0.717, 1.165) is 22.6 Å². The SMILES string of the molecule is Cc1cccc(NC(=O)c2nc3nc(C)cc(C)n3n2)c1. The molecule has 0 fully saturated rings. The molecule has 0 unspecified atom stereocenters. The largest absolute Gasteiger partial charge is 0.319 e. The number of anilines is 1. The molecule has 2 heterocycles. The molecule has 3 rings (SSSR count). The molecule has 21 heavy (non-hydrogen) atoms. The summed E-state index contributed by atoms with van der Waals surface area (Å²) in [6.07, 6.45) is 0. The van der Waals surface area contributed by atoms with Crippen molar-refractivity contribution in [2.24, 2.45) is 0 Å². The summed E-state index contributed by atoms with van der Waals surface area (Å²) in [6, 6.07) is 9.46. The first kappa shape index (κ1) is 13.2. The van der Waals surface area contributed by atoms with Gasteiger partial charge in [0.2, 0.25) is 5.82 Å². The minimum absolute atomic E-state index is 0.109. The van der Waals surface area contributed by atoms with Gasteiger partial charge in [0.05, 0.1) is 0 Å². The van der Waals surface area contributed by atoms with Crippen molar-refractivity contribution in [3.8, 4) is 0 Å². The summed E-state index contributed by atoms with van der Waals surface area (Å²) < 4.78 is 1.57. The van der Waals surface area contributed by atoms with Crippen LogP contribution in [0.4, 0.5) is 5.69 Å². The fourth-order valence-corrected chi connectivity index (χ4v) is 2.17. The molecule has 1 N–H and O–H groups in total. The van der Waals surface area contributed by atoms with Crippen LogP contribution in [0, 0.1) is 20.8 Å². The molecule has 6 nitrogen and oxygen atoms in total. The van der Waals surface area contributed by atoms with Crippen LogP contribution in [0.1, 0.15) is 27.6 Å². The van der Waals surface area contributed by atoms with Gasteiger partial charge in [-0.15, -0.1) is 5.10 Å². The van der Waals surface area contributed by atoms with E-state index < -0.39 is 0 Å². The quantitative estimate of drug-likeness (QED) is 0.782. The Balaban J connectivity index is 1.93. The van der Waals surface area contributed by atoms with Crippen LogP contribution >= 0.6 is 0 Å². The van der Waals surface area contributed by atoms with Crippen LogP contribution in [-0.4, -0.2) is 25.5 Å². The number of carbonyl (C=O) groups is 1. The molecule has 0 aliphatic rings. The van der Waals surface area contributed by atoms with Gasteiger partial charge in [0.1, 0.15) is 0 Å². The third-order valence-electron chi connectivity index (χ3n) is 3.10. The number of hydrogen-bond donors (Lipinski definition) is 1. The van der Waals surface area contributed by atoms with Crippen LogP contribution in [0.25, 0.3) is 5.78 Å². The van der Waals surface area contributed by atoms with Crippen LogP contribution in [0.3, 0.4) is 0 Å². The maximum atomic E-state index is 12.2. The molecule has 3 aromatic rings. The second-order valence-corrected chi connectivity index (χ2v) is 5.01. The van der Waals surface area contributed by atoms with Crippen molar-refractivity contribution in [3.05, 3.63) is 53.1 Å². The predicted molar refractivity (Wildman–Crippen MR) is 79.4 cm³/mol. The molecule has 1 amide bonds. The number of aryl methyl sites for hydroxylation is 3. The molecular weight excluding hydrogens is 266 g/mol. The fourth-order valence-electron chi connectivity index (χ4n) is 2.17. The maximum Gasteiger partial charge on any atom is 0.295 e. The maximum absolute atomic E-state index is 12.2. The summed E-state index contributed by atoms with van der Waals surface area (Å²) in [7, 11) is 0. The molecule has 0 spiro atoms. The number of fused-ring (bicyclic) bond motifs is 1. The van der Waals surface area contributed by atoms with E-state index >= 15 is 0 Å². The standard InChI is InChI=1S/C15H15N5O/c1-9-5-4-6-12(7-9)17-14(21)13-18-15-16-10(2)8-11(3)20(15)19-13/h4-8H,1-3H3,(H,17,21).